The van der Waals surface area contributed by atoms with Crippen LogP contribution < -0.4 is 0 Å². The van der Waals surface area contributed by atoms with Gasteiger partial charge in [0, 0.05) is 12.0 Å². The van der Waals surface area contributed by atoms with Gasteiger partial charge in [0.25, 0.3) is 0 Å². The molecular weight excluding hydrogens is 196 g/mol. The summed E-state index contributed by atoms with van der Waals surface area (Å²) in [5, 5.41) is 0. The van der Waals surface area contributed by atoms with Crippen LogP contribution in [0.2, 0.25) is 0 Å². The number of Topliss-reactive ketones (excluding diaryl/α,β-unsaturated/α-hetero) is 1. The fourth-order valence-corrected chi connectivity index (χ4v) is 1.40. The van der Waals surface area contributed by atoms with Crippen LogP contribution in [-0.4, -0.2) is 5.78 Å². The van der Waals surface area contributed by atoms with Crippen LogP contribution in [0.25, 0.3) is 0 Å². The fraction of sp³-hybridized carbons (Fsp3) is 0.533. The summed E-state index contributed by atoms with van der Waals surface area (Å²) in [5.74, 6) is 0.237. The molecule has 1 nitrogen and oxygen atoms in total. The highest BCUT2D eigenvalue weighted by Crippen LogP contribution is 2.21. The van der Waals surface area contributed by atoms with Crippen molar-refractivity contribution < 1.29 is 4.79 Å². The average molecular weight is 220 g/mol. The number of carbonyl (C=O) groups is 1. The summed E-state index contributed by atoms with van der Waals surface area (Å²) in [5.41, 5.74) is 2.05. The standard InChI is InChI=1S/C13H18O.C2H6/c1-10-6-5-7-11(8-10)12(14)9-13(2,3)4;1-2/h5-8H,9H2,1-4H3;1-2H3. The summed E-state index contributed by atoms with van der Waals surface area (Å²) < 4.78 is 0. The Kier molecular flexibility index (Phi) is 6.02. The first-order valence-corrected chi connectivity index (χ1v) is 5.98. The van der Waals surface area contributed by atoms with Gasteiger partial charge in [0.1, 0.15) is 0 Å². The Balaban J connectivity index is 0.00000106. The largest absolute Gasteiger partial charge is 0.294 e. The lowest BCUT2D eigenvalue weighted by Crippen LogP contribution is -2.13. The van der Waals surface area contributed by atoms with Crippen LogP contribution in [0.4, 0.5) is 0 Å². The minimum absolute atomic E-state index is 0.0703. The van der Waals surface area contributed by atoms with Gasteiger partial charge in [-0.15, -0.1) is 0 Å². The zero-order valence-corrected chi connectivity index (χ0v) is 11.4. The lowest BCUT2D eigenvalue weighted by atomic mass is 9.87. The van der Waals surface area contributed by atoms with Crippen LogP contribution >= 0.6 is 0 Å². The van der Waals surface area contributed by atoms with E-state index in [0.29, 0.717) is 6.42 Å². The van der Waals surface area contributed by atoms with Crippen molar-refractivity contribution in [3.05, 3.63) is 35.4 Å². The topological polar surface area (TPSA) is 17.1 Å². The number of ketones is 1. The van der Waals surface area contributed by atoms with Gasteiger partial charge in [0.2, 0.25) is 0 Å². The number of hydrogen-bond acceptors (Lipinski definition) is 1. The summed E-state index contributed by atoms with van der Waals surface area (Å²) in [7, 11) is 0. The van der Waals surface area contributed by atoms with Crippen molar-refractivity contribution in [2.45, 2.75) is 48.0 Å². The van der Waals surface area contributed by atoms with Crippen LogP contribution in [0.5, 0.6) is 0 Å². The number of carbonyl (C=O) groups excluding carboxylic acids is 1. The lowest BCUT2D eigenvalue weighted by molar-refractivity contribution is 0.0940. The van der Waals surface area contributed by atoms with Crippen LogP contribution in [-0.2, 0) is 0 Å². The molecule has 1 aromatic carbocycles. The van der Waals surface area contributed by atoms with E-state index in [1.165, 1.54) is 0 Å². The Morgan fingerprint density at radius 3 is 2.19 bits per heavy atom. The van der Waals surface area contributed by atoms with Crippen LogP contribution in [0.15, 0.2) is 24.3 Å². The highest BCUT2D eigenvalue weighted by atomic mass is 16.1. The Bertz CT molecular complexity index is 332. The molecule has 0 N–H and O–H groups in total. The molecule has 90 valence electrons. The van der Waals surface area contributed by atoms with E-state index in [1.807, 2.05) is 45.0 Å². The number of aryl methyl sites for hydroxylation is 1. The molecule has 0 saturated heterocycles. The summed E-state index contributed by atoms with van der Waals surface area (Å²) in [6, 6.07) is 7.79. The van der Waals surface area contributed by atoms with Crippen LogP contribution in [0.1, 0.15) is 57.0 Å². The van der Waals surface area contributed by atoms with Crippen molar-refractivity contribution in [3.63, 3.8) is 0 Å². The van der Waals surface area contributed by atoms with E-state index in [9.17, 15) is 4.79 Å². The third-order valence-electron chi connectivity index (χ3n) is 2.03. The first-order valence-electron chi connectivity index (χ1n) is 5.98. The molecule has 0 aromatic heterocycles. The van der Waals surface area contributed by atoms with E-state index in [4.69, 9.17) is 0 Å². The Morgan fingerprint density at radius 2 is 1.75 bits per heavy atom. The third kappa shape index (κ3) is 5.69. The van der Waals surface area contributed by atoms with Crippen molar-refractivity contribution in [1.82, 2.24) is 0 Å². The van der Waals surface area contributed by atoms with E-state index < -0.39 is 0 Å². The van der Waals surface area contributed by atoms with E-state index >= 15 is 0 Å². The molecule has 1 aromatic rings. The molecule has 1 heteroatoms. The molecule has 0 aliphatic heterocycles. The van der Waals surface area contributed by atoms with E-state index in [0.717, 1.165) is 11.1 Å². The van der Waals surface area contributed by atoms with Crippen molar-refractivity contribution >= 4 is 5.78 Å². The zero-order chi connectivity index (χ0) is 12.8. The lowest BCUT2D eigenvalue weighted by Gasteiger charge is -2.16. The number of benzene rings is 1. The van der Waals surface area contributed by atoms with Gasteiger partial charge >= 0.3 is 0 Å². The first kappa shape index (κ1) is 14.9. The fourth-order valence-electron chi connectivity index (χ4n) is 1.40. The normalized spacial score (nSPS) is 10.4. The van der Waals surface area contributed by atoms with Crippen molar-refractivity contribution in [3.8, 4) is 0 Å². The molecule has 0 fully saturated rings. The Morgan fingerprint density at radius 1 is 1.19 bits per heavy atom. The number of rotatable bonds is 2. The predicted octanol–water partition coefficient (Wildman–Crippen LogP) is 4.64. The van der Waals surface area contributed by atoms with Gasteiger partial charge in [0.15, 0.2) is 5.78 Å². The molecule has 0 amide bonds. The molecule has 0 unspecified atom stereocenters. The quantitative estimate of drug-likeness (QED) is 0.663. The summed E-state index contributed by atoms with van der Waals surface area (Å²) in [6.07, 6.45) is 0.608. The highest BCUT2D eigenvalue weighted by molar-refractivity contribution is 5.96. The minimum atomic E-state index is 0.0703. The van der Waals surface area contributed by atoms with Crippen LogP contribution in [0, 0.1) is 12.3 Å². The maximum Gasteiger partial charge on any atom is 0.163 e. The van der Waals surface area contributed by atoms with E-state index in [1.54, 1.807) is 0 Å². The smallest absolute Gasteiger partial charge is 0.163 e. The molecular formula is C15H24O. The summed E-state index contributed by atoms with van der Waals surface area (Å²) >= 11 is 0. The maximum atomic E-state index is 11.8. The van der Waals surface area contributed by atoms with Gasteiger partial charge in [-0.25, -0.2) is 0 Å². The van der Waals surface area contributed by atoms with Gasteiger partial charge in [-0.1, -0.05) is 58.4 Å². The molecule has 0 bridgehead atoms. The van der Waals surface area contributed by atoms with Crippen molar-refractivity contribution in [2.75, 3.05) is 0 Å². The van der Waals surface area contributed by atoms with Gasteiger partial charge in [-0.2, -0.15) is 0 Å². The minimum Gasteiger partial charge on any atom is -0.294 e. The third-order valence-corrected chi connectivity index (χ3v) is 2.03. The molecule has 0 atom stereocenters. The SMILES string of the molecule is CC.Cc1cccc(C(=O)CC(C)(C)C)c1. The summed E-state index contributed by atoms with van der Waals surface area (Å²) in [6.45, 7) is 12.3. The second-order valence-corrected chi connectivity index (χ2v) is 5.03. The molecule has 0 saturated carbocycles. The second-order valence-electron chi connectivity index (χ2n) is 5.03. The zero-order valence-electron chi connectivity index (χ0n) is 11.4. The van der Waals surface area contributed by atoms with Crippen molar-refractivity contribution in [2.24, 2.45) is 5.41 Å². The van der Waals surface area contributed by atoms with Gasteiger partial charge < -0.3 is 0 Å². The molecule has 0 heterocycles. The first-order chi connectivity index (χ1) is 7.38. The summed E-state index contributed by atoms with van der Waals surface area (Å²) in [4.78, 5) is 11.8. The molecule has 0 aliphatic rings. The number of hydrogen-bond donors (Lipinski definition) is 0. The Hall–Kier alpha value is -1.11. The van der Waals surface area contributed by atoms with Crippen LogP contribution in [0.3, 0.4) is 0 Å². The predicted molar refractivity (Wildman–Crippen MR) is 70.9 cm³/mol. The van der Waals surface area contributed by atoms with Gasteiger partial charge in [-0.3, -0.25) is 4.79 Å². The molecule has 16 heavy (non-hydrogen) atoms. The van der Waals surface area contributed by atoms with E-state index in [-0.39, 0.29) is 11.2 Å². The highest BCUT2D eigenvalue weighted by Gasteiger charge is 2.16. The average Bonchev–Trinajstić information content (AvgIpc) is 2.18. The van der Waals surface area contributed by atoms with E-state index in [2.05, 4.69) is 20.8 Å². The monoisotopic (exact) mass is 220 g/mol. The molecule has 1 rings (SSSR count). The van der Waals surface area contributed by atoms with Crippen molar-refractivity contribution in [1.29, 1.82) is 0 Å². The van der Waals surface area contributed by atoms with Gasteiger partial charge in [0.05, 0.1) is 0 Å². The van der Waals surface area contributed by atoms with Gasteiger partial charge in [-0.05, 0) is 18.4 Å². The molecule has 0 aliphatic carbocycles. The Labute approximate surface area is 99.9 Å². The molecule has 0 spiro atoms. The maximum absolute atomic E-state index is 11.8. The molecule has 0 radical (unpaired) electrons. The second kappa shape index (κ2) is 6.47.